The van der Waals surface area contributed by atoms with Gasteiger partial charge in [-0.2, -0.15) is 0 Å². The van der Waals surface area contributed by atoms with Gasteiger partial charge in [0.1, 0.15) is 0 Å². The lowest BCUT2D eigenvalue weighted by atomic mass is 9.79. The first-order chi connectivity index (χ1) is 13.5. The maximum absolute atomic E-state index is 2.40. The van der Waals surface area contributed by atoms with Crippen LogP contribution in [-0.2, 0) is 0 Å². The monoisotopic (exact) mass is 371 g/mol. The Morgan fingerprint density at radius 3 is 1.75 bits per heavy atom. The summed E-state index contributed by atoms with van der Waals surface area (Å²) in [6, 6.07) is 28.3. The van der Waals surface area contributed by atoms with Gasteiger partial charge in [0.05, 0.1) is 0 Å². The van der Waals surface area contributed by atoms with E-state index in [1.807, 2.05) is 0 Å². The molecule has 0 aliphatic heterocycles. The van der Waals surface area contributed by atoms with Crippen LogP contribution in [0.5, 0.6) is 0 Å². The highest BCUT2D eigenvalue weighted by molar-refractivity contribution is 5.77. The smallest absolute Gasteiger partial charge is 0.0467 e. The summed E-state index contributed by atoms with van der Waals surface area (Å²) in [6.45, 7) is 11.7. The summed E-state index contributed by atoms with van der Waals surface area (Å²) in [6.07, 6.45) is 1.23. The second-order valence-electron chi connectivity index (χ2n) is 8.14. The molecule has 1 nitrogen and oxygen atoms in total. The molecule has 0 bridgehead atoms. The van der Waals surface area contributed by atoms with E-state index < -0.39 is 0 Å². The molecule has 146 valence electrons. The second kappa shape index (κ2) is 9.10. The summed E-state index contributed by atoms with van der Waals surface area (Å²) in [7, 11) is 0. The molecule has 0 aromatic heterocycles. The Morgan fingerprint density at radius 1 is 0.714 bits per heavy atom. The summed E-state index contributed by atoms with van der Waals surface area (Å²) in [5, 5.41) is 0. The quantitative estimate of drug-likeness (QED) is 0.404. The highest BCUT2D eigenvalue weighted by Gasteiger charge is 2.21. The van der Waals surface area contributed by atoms with Crippen molar-refractivity contribution < 1.29 is 0 Å². The van der Waals surface area contributed by atoms with E-state index in [4.69, 9.17) is 0 Å². The van der Waals surface area contributed by atoms with E-state index in [9.17, 15) is 0 Å². The van der Waals surface area contributed by atoms with Gasteiger partial charge < -0.3 is 4.90 Å². The second-order valence-corrected chi connectivity index (χ2v) is 8.14. The summed E-state index contributed by atoms with van der Waals surface area (Å²) in [5.41, 5.74) is 6.35. The lowest BCUT2D eigenvalue weighted by molar-refractivity contribution is 0.330. The third-order valence-corrected chi connectivity index (χ3v) is 6.23. The molecule has 0 aliphatic carbocycles. The van der Waals surface area contributed by atoms with Crippen LogP contribution < -0.4 is 4.90 Å². The molecule has 0 radical (unpaired) electrons. The highest BCUT2D eigenvalue weighted by Crippen LogP contribution is 2.38. The minimum absolute atomic E-state index is 0.530. The van der Waals surface area contributed by atoms with Gasteiger partial charge in [-0.3, -0.25) is 0 Å². The molecule has 0 fully saturated rings. The minimum Gasteiger partial charge on any atom is -0.310 e. The molecule has 0 N–H and O–H groups in total. The summed E-state index contributed by atoms with van der Waals surface area (Å²) >= 11 is 0. The predicted molar refractivity (Wildman–Crippen MR) is 123 cm³/mol. The topological polar surface area (TPSA) is 3.24 Å². The largest absolute Gasteiger partial charge is 0.310 e. The van der Waals surface area contributed by atoms with E-state index in [-0.39, 0.29) is 0 Å². The van der Waals surface area contributed by atoms with Crippen LogP contribution >= 0.6 is 0 Å². The minimum atomic E-state index is 0.530. The molecule has 3 aromatic carbocycles. The van der Waals surface area contributed by atoms with Crippen molar-refractivity contribution >= 4 is 17.1 Å². The Morgan fingerprint density at radius 2 is 1.25 bits per heavy atom. The number of nitrogens with zero attached hydrogens (tertiary/aromatic N) is 1. The van der Waals surface area contributed by atoms with Crippen molar-refractivity contribution in [2.24, 2.45) is 11.8 Å². The van der Waals surface area contributed by atoms with E-state index in [1.165, 1.54) is 34.6 Å². The van der Waals surface area contributed by atoms with Crippen molar-refractivity contribution in [2.45, 2.75) is 47.0 Å². The van der Waals surface area contributed by atoms with Crippen LogP contribution in [0.2, 0.25) is 0 Å². The number of para-hydroxylation sites is 2. The van der Waals surface area contributed by atoms with Crippen molar-refractivity contribution in [3.63, 3.8) is 0 Å². The van der Waals surface area contributed by atoms with Crippen molar-refractivity contribution in [3.05, 3.63) is 90.0 Å². The van der Waals surface area contributed by atoms with Gasteiger partial charge in [-0.05, 0) is 72.2 Å². The van der Waals surface area contributed by atoms with E-state index in [2.05, 4.69) is 118 Å². The molecule has 0 amide bonds. The van der Waals surface area contributed by atoms with Crippen molar-refractivity contribution in [1.82, 2.24) is 0 Å². The van der Waals surface area contributed by atoms with Gasteiger partial charge in [0.25, 0.3) is 0 Å². The van der Waals surface area contributed by atoms with Crippen molar-refractivity contribution in [3.8, 4) is 0 Å². The molecule has 3 atom stereocenters. The fourth-order valence-electron chi connectivity index (χ4n) is 3.95. The molecule has 28 heavy (non-hydrogen) atoms. The van der Waals surface area contributed by atoms with E-state index in [0.717, 1.165) is 5.92 Å². The fourth-order valence-corrected chi connectivity index (χ4v) is 3.95. The van der Waals surface area contributed by atoms with E-state index in [0.29, 0.717) is 11.8 Å². The average molecular weight is 372 g/mol. The van der Waals surface area contributed by atoms with E-state index >= 15 is 0 Å². The van der Waals surface area contributed by atoms with Gasteiger partial charge in [-0.1, -0.05) is 76.6 Å². The highest BCUT2D eigenvalue weighted by atomic mass is 15.1. The standard InChI is InChI=1S/C27H33N/c1-6-21(3)22(4)23(5)24-17-20(2)18-27(19-24)28(25-13-9-7-10-14-25)26-15-11-8-12-16-26/h7-19,21-23H,6H2,1-5H3. The number of hydrogen-bond acceptors (Lipinski definition) is 1. The first kappa shape index (κ1) is 20.2. The maximum atomic E-state index is 2.40. The van der Waals surface area contributed by atoms with Crippen LogP contribution in [0.15, 0.2) is 78.9 Å². The van der Waals surface area contributed by atoms with E-state index in [1.54, 1.807) is 0 Å². The zero-order valence-electron chi connectivity index (χ0n) is 17.9. The van der Waals surface area contributed by atoms with Gasteiger partial charge in [0.2, 0.25) is 0 Å². The predicted octanol–water partition coefficient (Wildman–Crippen LogP) is 8.25. The van der Waals surface area contributed by atoms with Crippen LogP contribution in [0.4, 0.5) is 17.1 Å². The molecule has 0 spiro atoms. The number of aryl methyl sites for hydroxylation is 1. The number of hydrogen-bond donors (Lipinski definition) is 0. The van der Waals surface area contributed by atoms with Gasteiger partial charge in [0, 0.05) is 17.1 Å². The third-order valence-electron chi connectivity index (χ3n) is 6.23. The zero-order valence-corrected chi connectivity index (χ0v) is 17.9. The molecule has 0 saturated heterocycles. The molecule has 3 unspecified atom stereocenters. The van der Waals surface area contributed by atoms with Gasteiger partial charge >= 0.3 is 0 Å². The molecule has 0 heterocycles. The normalized spacial score (nSPS) is 14.3. The third kappa shape index (κ3) is 4.47. The molecule has 3 aromatic rings. The fraction of sp³-hybridized carbons (Fsp3) is 0.333. The lowest BCUT2D eigenvalue weighted by Gasteiger charge is -2.29. The van der Waals surface area contributed by atoms with Gasteiger partial charge in [0.15, 0.2) is 0 Å². The van der Waals surface area contributed by atoms with Crippen LogP contribution in [0.25, 0.3) is 0 Å². The molecular weight excluding hydrogens is 338 g/mol. The van der Waals surface area contributed by atoms with Crippen LogP contribution in [-0.4, -0.2) is 0 Å². The SMILES string of the molecule is CCC(C)C(C)C(C)c1cc(C)cc(N(c2ccccc2)c2ccccc2)c1. The average Bonchev–Trinajstić information content (AvgIpc) is 2.73. The number of rotatable bonds is 7. The molecule has 0 aliphatic rings. The Labute approximate surface area is 171 Å². The van der Waals surface area contributed by atoms with Gasteiger partial charge in [-0.25, -0.2) is 0 Å². The van der Waals surface area contributed by atoms with Crippen LogP contribution in [0, 0.1) is 18.8 Å². The first-order valence-electron chi connectivity index (χ1n) is 10.5. The molecule has 3 rings (SSSR count). The van der Waals surface area contributed by atoms with Crippen molar-refractivity contribution in [1.29, 1.82) is 0 Å². The maximum Gasteiger partial charge on any atom is 0.0467 e. The summed E-state index contributed by atoms with van der Waals surface area (Å²) < 4.78 is 0. The Bertz CT molecular complexity index is 830. The van der Waals surface area contributed by atoms with Crippen LogP contribution in [0.3, 0.4) is 0 Å². The Balaban J connectivity index is 2.08. The van der Waals surface area contributed by atoms with Crippen LogP contribution in [0.1, 0.15) is 51.2 Å². The van der Waals surface area contributed by atoms with Gasteiger partial charge in [-0.15, -0.1) is 0 Å². The summed E-state index contributed by atoms with van der Waals surface area (Å²) in [4.78, 5) is 2.36. The van der Waals surface area contributed by atoms with Crippen molar-refractivity contribution in [2.75, 3.05) is 4.90 Å². The lowest BCUT2D eigenvalue weighted by Crippen LogP contribution is -2.16. The number of anilines is 3. The first-order valence-corrected chi connectivity index (χ1v) is 10.5. The molecular formula is C27H33N. The summed E-state index contributed by atoms with van der Waals surface area (Å²) in [5.74, 6) is 1.90. The number of benzene rings is 3. The zero-order chi connectivity index (χ0) is 20.1. The Hall–Kier alpha value is -2.54. The molecule has 1 heteroatoms. The Kier molecular flexibility index (Phi) is 6.57. The molecule has 0 saturated carbocycles.